The first-order valence-corrected chi connectivity index (χ1v) is 5.22. The van der Waals surface area contributed by atoms with Crippen LogP contribution < -0.4 is 16.0 Å². The van der Waals surface area contributed by atoms with Gasteiger partial charge in [-0.1, -0.05) is 20.8 Å². The Morgan fingerprint density at radius 3 is 2.64 bits per heavy atom. The molecular weight excluding hydrogens is 178 g/mol. The van der Waals surface area contributed by atoms with Gasteiger partial charge in [0.1, 0.15) is 0 Å². The van der Waals surface area contributed by atoms with Crippen LogP contribution in [0.15, 0.2) is 0 Å². The fourth-order valence-corrected chi connectivity index (χ4v) is 1.34. The fraction of sp³-hybridized carbons (Fsp3) is 0.900. The third-order valence-electron chi connectivity index (χ3n) is 2.32. The first kappa shape index (κ1) is 11.5. The fourth-order valence-electron chi connectivity index (χ4n) is 1.34. The summed E-state index contributed by atoms with van der Waals surface area (Å²) >= 11 is 0. The SMILES string of the molecule is CC(C)(C)C(=O)NCC1CNCCN1. The molecule has 4 heteroatoms. The average Bonchev–Trinajstić information content (AvgIpc) is 2.14. The molecule has 0 radical (unpaired) electrons. The van der Waals surface area contributed by atoms with E-state index in [1.165, 1.54) is 0 Å². The summed E-state index contributed by atoms with van der Waals surface area (Å²) in [5.74, 6) is 0.116. The molecular formula is C10H21N3O. The van der Waals surface area contributed by atoms with Crippen LogP contribution in [0.5, 0.6) is 0 Å². The van der Waals surface area contributed by atoms with E-state index in [1.54, 1.807) is 0 Å². The third-order valence-corrected chi connectivity index (χ3v) is 2.32. The smallest absolute Gasteiger partial charge is 0.225 e. The molecule has 0 aromatic rings. The molecule has 1 aliphatic rings. The Morgan fingerprint density at radius 1 is 1.43 bits per heavy atom. The van der Waals surface area contributed by atoms with Gasteiger partial charge >= 0.3 is 0 Å². The highest BCUT2D eigenvalue weighted by Crippen LogP contribution is 2.12. The molecule has 1 unspecified atom stereocenters. The Hall–Kier alpha value is -0.610. The van der Waals surface area contributed by atoms with Crippen LogP contribution in [-0.4, -0.2) is 38.1 Å². The van der Waals surface area contributed by atoms with Gasteiger partial charge in [0.2, 0.25) is 5.91 Å². The van der Waals surface area contributed by atoms with E-state index in [9.17, 15) is 4.79 Å². The summed E-state index contributed by atoms with van der Waals surface area (Å²) in [6.07, 6.45) is 0. The first-order chi connectivity index (χ1) is 6.50. The van der Waals surface area contributed by atoms with E-state index in [-0.39, 0.29) is 11.3 Å². The zero-order valence-corrected chi connectivity index (χ0v) is 9.31. The second-order valence-electron chi connectivity index (χ2n) is 4.82. The summed E-state index contributed by atoms with van der Waals surface area (Å²) in [5, 5.41) is 9.58. The first-order valence-electron chi connectivity index (χ1n) is 5.22. The molecule has 1 heterocycles. The average molecular weight is 199 g/mol. The maximum atomic E-state index is 11.5. The third kappa shape index (κ3) is 3.64. The number of hydrogen-bond acceptors (Lipinski definition) is 3. The highest BCUT2D eigenvalue weighted by atomic mass is 16.2. The molecule has 14 heavy (non-hydrogen) atoms. The van der Waals surface area contributed by atoms with Crippen molar-refractivity contribution in [2.75, 3.05) is 26.2 Å². The molecule has 1 amide bonds. The van der Waals surface area contributed by atoms with Crippen molar-refractivity contribution in [3.05, 3.63) is 0 Å². The molecule has 1 saturated heterocycles. The highest BCUT2D eigenvalue weighted by molar-refractivity contribution is 5.81. The zero-order chi connectivity index (χ0) is 10.6. The lowest BCUT2D eigenvalue weighted by atomic mass is 9.95. The molecule has 1 atom stereocenters. The van der Waals surface area contributed by atoms with Gasteiger partial charge in [0.05, 0.1) is 0 Å². The van der Waals surface area contributed by atoms with Gasteiger partial charge in [0.15, 0.2) is 0 Å². The van der Waals surface area contributed by atoms with Gasteiger partial charge in [0.25, 0.3) is 0 Å². The Morgan fingerprint density at radius 2 is 2.14 bits per heavy atom. The Bertz CT molecular complexity index is 192. The maximum absolute atomic E-state index is 11.5. The summed E-state index contributed by atoms with van der Waals surface area (Å²) in [6, 6.07) is 0.370. The van der Waals surface area contributed by atoms with E-state index >= 15 is 0 Å². The number of amides is 1. The molecule has 1 fully saturated rings. The van der Waals surface area contributed by atoms with Gasteiger partial charge in [-0.2, -0.15) is 0 Å². The monoisotopic (exact) mass is 199 g/mol. The molecule has 0 spiro atoms. The van der Waals surface area contributed by atoms with Crippen LogP contribution >= 0.6 is 0 Å². The molecule has 0 aromatic heterocycles. The summed E-state index contributed by atoms with van der Waals surface area (Å²) in [5.41, 5.74) is -0.290. The van der Waals surface area contributed by atoms with Crippen LogP contribution in [0.1, 0.15) is 20.8 Å². The predicted molar refractivity (Wildman–Crippen MR) is 57.1 cm³/mol. The zero-order valence-electron chi connectivity index (χ0n) is 9.31. The number of carbonyl (C=O) groups is 1. The minimum absolute atomic E-state index is 0.116. The Labute approximate surface area is 85.8 Å². The summed E-state index contributed by atoms with van der Waals surface area (Å²) < 4.78 is 0. The predicted octanol–water partition coefficient (Wildman–Crippen LogP) is -0.290. The molecule has 1 rings (SSSR count). The van der Waals surface area contributed by atoms with Crippen LogP contribution in [0.25, 0.3) is 0 Å². The number of carbonyl (C=O) groups excluding carboxylic acids is 1. The van der Waals surface area contributed by atoms with Gasteiger partial charge in [-0.3, -0.25) is 4.79 Å². The lowest BCUT2D eigenvalue weighted by Gasteiger charge is -2.26. The molecule has 0 saturated carbocycles. The topological polar surface area (TPSA) is 53.2 Å². The standard InChI is InChI=1S/C10H21N3O/c1-10(2,3)9(14)13-7-8-6-11-4-5-12-8/h8,11-12H,4-7H2,1-3H3,(H,13,14). The van der Waals surface area contributed by atoms with E-state index in [0.29, 0.717) is 12.6 Å². The van der Waals surface area contributed by atoms with Gasteiger partial charge < -0.3 is 16.0 Å². The number of rotatable bonds is 2. The number of hydrogen-bond donors (Lipinski definition) is 3. The lowest BCUT2D eigenvalue weighted by molar-refractivity contribution is -0.128. The number of piperazine rings is 1. The van der Waals surface area contributed by atoms with Gasteiger partial charge in [-0.05, 0) is 0 Å². The van der Waals surface area contributed by atoms with E-state index in [2.05, 4.69) is 16.0 Å². The highest BCUT2D eigenvalue weighted by Gasteiger charge is 2.22. The van der Waals surface area contributed by atoms with Crippen molar-refractivity contribution >= 4 is 5.91 Å². The van der Waals surface area contributed by atoms with E-state index in [0.717, 1.165) is 19.6 Å². The molecule has 3 N–H and O–H groups in total. The van der Waals surface area contributed by atoms with Crippen LogP contribution in [-0.2, 0) is 4.79 Å². The van der Waals surface area contributed by atoms with E-state index < -0.39 is 0 Å². The molecule has 4 nitrogen and oxygen atoms in total. The number of nitrogens with one attached hydrogen (secondary N) is 3. The lowest BCUT2D eigenvalue weighted by Crippen LogP contribution is -2.54. The van der Waals surface area contributed by atoms with Crippen molar-refractivity contribution < 1.29 is 4.79 Å². The molecule has 0 aromatic carbocycles. The second-order valence-corrected chi connectivity index (χ2v) is 4.82. The van der Waals surface area contributed by atoms with Crippen molar-refractivity contribution in [3.8, 4) is 0 Å². The second kappa shape index (κ2) is 4.75. The van der Waals surface area contributed by atoms with Crippen LogP contribution in [0.2, 0.25) is 0 Å². The molecule has 0 bridgehead atoms. The van der Waals surface area contributed by atoms with E-state index in [4.69, 9.17) is 0 Å². The van der Waals surface area contributed by atoms with Crippen LogP contribution in [0.4, 0.5) is 0 Å². The van der Waals surface area contributed by atoms with Gasteiger partial charge in [0, 0.05) is 37.6 Å². The Kier molecular flexibility index (Phi) is 3.89. The van der Waals surface area contributed by atoms with Crippen molar-refractivity contribution in [3.63, 3.8) is 0 Å². The largest absolute Gasteiger partial charge is 0.354 e. The van der Waals surface area contributed by atoms with Crippen LogP contribution in [0.3, 0.4) is 0 Å². The summed E-state index contributed by atoms with van der Waals surface area (Å²) in [4.78, 5) is 11.5. The maximum Gasteiger partial charge on any atom is 0.225 e. The van der Waals surface area contributed by atoms with Crippen molar-refractivity contribution in [2.45, 2.75) is 26.8 Å². The van der Waals surface area contributed by atoms with Crippen molar-refractivity contribution in [1.82, 2.24) is 16.0 Å². The molecule has 1 aliphatic heterocycles. The molecule has 82 valence electrons. The minimum atomic E-state index is -0.290. The summed E-state index contributed by atoms with van der Waals surface area (Å²) in [6.45, 7) is 9.42. The quantitative estimate of drug-likeness (QED) is 0.573. The van der Waals surface area contributed by atoms with Gasteiger partial charge in [-0.15, -0.1) is 0 Å². The Balaban J connectivity index is 2.22. The van der Waals surface area contributed by atoms with Crippen LogP contribution in [0, 0.1) is 5.41 Å². The normalized spacial score (nSPS) is 23.2. The van der Waals surface area contributed by atoms with E-state index in [1.807, 2.05) is 20.8 Å². The molecule has 0 aliphatic carbocycles. The summed E-state index contributed by atoms with van der Waals surface area (Å²) in [7, 11) is 0. The van der Waals surface area contributed by atoms with Crippen molar-refractivity contribution in [1.29, 1.82) is 0 Å². The minimum Gasteiger partial charge on any atom is -0.354 e. The van der Waals surface area contributed by atoms with Gasteiger partial charge in [-0.25, -0.2) is 0 Å². The van der Waals surface area contributed by atoms with Crippen molar-refractivity contribution in [2.24, 2.45) is 5.41 Å².